The Hall–Kier alpha value is -1.53. The standard InChI is InChI=1S/C15H16BrNO3S/c1-19-13-7-10(12(16)8-14(13)20-2)3-5-17-15(18)11-4-6-21-9-11/h4,6-9H,3,5H2,1-2H3,(H,17,18). The van der Waals surface area contributed by atoms with E-state index in [0.29, 0.717) is 30.0 Å². The van der Waals surface area contributed by atoms with Crippen molar-refractivity contribution in [1.29, 1.82) is 0 Å². The molecular weight excluding hydrogens is 354 g/mol. The summed E-state index contributed by atoms with van der Waals surface area (Å²) >= 11 is 5.02. The van der Waals surface area contributed by atoms with Crippen LogP contribution in [0.4, 0.5) is 0 Å². The van der Waals surface area contributed by atoms with Crippen molar-refractivity contribution in [1.82, 2.24) is 5.32 Å². The van der Waals surface area contributed by atoms with Gasteiger partial charge in [-0.05, 0) is 35.6 Å². The maximum absolute atomic E-state index is 11.8. The molecule has 1 amide bonds. The van der Waals surface area contributed by atoms with Gasteiger partial charge >= 0.3 is 0 Å². The zero-order valence-corrected chi connectivity index (χ0v) is 14.2. The van der Waals surface area contributed by atoms with Crippen LogP contribution in [0, 0.1) is 0 Å². The number of hydrogen-bond donors (Lipinski definition) is 1. The third-order valence-corrected chi connectivity index (χ3v) is 4.44. The van der Waals surface area contributed by atoms with Gasteiger partial charge in [0.1, 0.15) is 0 Å². The Morgan fingerprint density at radius 1 is 1.29 bits per heavy atom. The quantitative estimate of drug-likeness (QED) is 0.847. The first-order chi connectivity index (χ1) is 10.2. The molecule has 1 heterocycles. The number of rotatable bonds is 6. The third kappa shape index (κ3) is 3.98. The highest BCUT2D eigenvalue weighted by atomic mass is 79.9. The summed E-state index contributed by atoms with van der Waals surface area (Å²) in [7, 11) is 3.21. The molecule has 1 N–H and O–H groups in total. The topological polar surface area (TPSA) is 47.6 Å². The normalized spacial score (nSPS) is 10.2. The molecule has 0 spiro atoms. The van der Waals surface area contributed by atoms with E-state index < -0.39 is 0 Å². The summed E-state index contributed by atoms with van der Waals surface area (Å²) in [5.41, 5.74) is 1.75. The van der Waals surface area contributed by atoms with Crippen LogP contribution in [0.25, 0.3) is 0 Å². The lowest BCUT2D eigenvalue weighted by Crippen LogP contribution is -2.25. The summed E-state index contributed by atoms with van der Waals surface area (Å²) in [6, 6.07) is 5.60. The minimum atomic E-state index is -0.0483. The molecule has 1 aromatic heterocycles. The molecule has 1 aromatic carbocycles. The van der Waals surface area contributed by atoms with E-state index in [2.05, 4.69) is 21.2 Å². The maximum atomic E-state index is 11.8. The molecular formula is C15H16BrNO3S. The lowest BCUT2D eigenvalue weighted by molar-refractivity contribution is 0.0954. The van der Waals surface area contributed by atoms with E-state index in [1.54, 1.807) is 14.2 Å². The average molecular weight is 370 g/mol. The molecule has 112 valence electrons. The zero-order valence-electron chi connectivity index (χ0n) is 11.8. The summed E-state index contributed by atoms with van der Waals surface area (Å²) in [5.74, 6) is 1.31. The highest BCUT2D eigenvalue weighted by Gasteiger charge is 2.10. The van der Waals surface area contributed by atoms with Gasteiger partial charge in [0.15, 0.2) is 11.5 Å². The van der Waals surface area contributed by atoms with Gasteiger partial charge in [-0.3, -0.25) is 4.79 Å². The molecule has 21 heavy (non-hydrogen) atoms. The van der Waals surface area contributed by atoms with Crippen LogP contribution in [0.15, 0.2) is 33.4 Å². The number of hydrogen-bond acceptors (Lipinski definition) is 4. The van der Waals surface area contributed by atoms with Crippen molar-refractivity contribution in [2.24, 2.45) is 0 Å². The van der Waals surface area contributed by atoms with Gasteiger partial charge in [-0.25, -0.2) is 0 Å². The predicted octanol–water partition coefficient (Wildman–Crippen LogP) is 3.50. The Morgan fingerprint density at radius 2 is 2.00 bits per heavy atom. The van der Waals surface area contributed by atoms with Crippen molar-refractivity contribution in [3.05, 3.63) is 44.6 Å². The van der Waals surface area contributed by atoms with E-state index in [4.69, 9.17) is 9.47 Å². The molecule has 2 rings (SSSR count). The molecule has 0 aliphatic carbocycles. The minimum absolute atomic E-state index is 0.0483. The zero-order chi connectivity index (χ0) is 15.2. The fourth-order valence-corrected chi connectivity index (χ4v) is 3.05. The summed E-state index contributed by atoms with van der Waals surface area (Å²) < 4.78 is 11.5. The summed E-state index contributed by atoms with van der Waals surface area (Å²) in [4.78, 5) is 11.8. The van der Waals surface area contributed by atoms with E-state index in [0.717, 1.165) is 10.0 Å². The largest absolute Gasteiger partial charge is 0.493 e. The van der Waals surface area contributed by atoms with Gasteiger partial charge in [0, 0.05) is 22.0 Å². The van der Waals surface area contributed by atoms with Crippen molar-refractivity contribution >= 4 is 33.2 Å². The Bertz CT molecular complexity index is 614. The molecule has 0 aliphatic heterocycles. The number of nitrogens with one attached hydrogen (secondary N) is 1. The fourth-order valence-electron chi connectivity index (χ4n) is 1.89. The number of carbonyl (C=O) groups excluding carboxylic acids is 1. The molecule has 0 bridgehead atoms. The highest BCUT2D eigenvalue weighted by molar-refractivity contribution is 9.10. The van der Waals surface area contributed by atoms with Gasteiger partial charge in [0.2, 0.25) is 0 Å². The second-order valence-corrected chi connectivity index (χ2v) is 5.95. The molecule has 0 unspecified atom stereocenters. The van der Waals surface area contributed by atoms with Crippen LogP contribution < -0.4 is 14.8 Å². The van der Waals surface area contributed by atoms with E-state index in [-0.39, 0.29) is 5.91 Å². The molecule has 2 aromatic rings. The number of halogens is 1. The maximum Gasteiger partial charge on any atom is 0.252 e. The molecule has 0 atom stereocenters. The molecule has 0 fully saturated rings. The summed E-state index contributed by atoms with van der Waals surface area (Å²) in [6.45, 7) is 0.558. The van der Waals surface area contributed by atoms with E-state index in [9.17, 15) is 4.79 Å². The van der Waals surface area contributed by atoms with Crippen molar-refractivity contribution in [2.75, 3.05) is 20.8 Å². The first-order valence-corrected chi connectivity index (χ1v) is 8.10. The van der Waals surface area contributed by atoms with Crippen LogP contribution in [-0.2, 0) is 6.42 Å². The minimum Gasteiger partial charge on any atom is -0.493 e. The number of thiophene rings is 1. The number of methoxy groups -OCH3 is 2. The summed E-state index contributed by atoms with van der Waals surface area (Å²) in [5, 5.41) is 6.63. The van der Waals surface area contributed by atoms with Gasteiger partial charge in [0.05, 0.1) is 14.2 Å². The number of amides is 1. The van der Waals surface area contributed by atoms with Crippen molar-refractivity contribution < 1.29 is 14.3 Å². The van der Waals surface area contributed by atoms with Crippen molar-refractivity contribution in [3.63, 3.8) is 0 Å². The second kappa shape index (κ2) is 7.47. The average Bonchev–Trinajstić information content (AvgIpc) is 3.02. The van der Waals surface area contributed by atoms with Gasteiger partial charge in [0.25, 0.3) is 5.91 Å². The van der Waals surface area contributed by atoms with Gasteiger partial charge in [-0.15, -0.1) is 0 Å². The van der Waals surface area contributed by atoms with E-state index in [1.807, 2.05) is 29.0 Å². The van der Waals surface area contributed by atoms with Crippen molar-refractivity contribution in [2.45, 2.75) is 6.42 Å². The van der Waals surface area contributed by atoms with Crippen LogP contribution >= 0.6 is 27.3 Å². The fraction of sp³-hybridized carbons (Fsp3) is 0.267. The smallest absolute Gasteiger partial charge is 0.252 e. The van der Waals surface area contributed by atoms with E-state index >= 15 is 0 Å². The Kier molecular flexibility index (Phi) is 5.64. The van der Waals surface area contributed by atoms with Crippen LogP contribution in [0.5, 0.6) is 11.5 Å². The number of ether oxygens (including phenoxy) is 2. The molecule has 6 heteroatoms. The third-order valence-electron chi connectivity index (χ3n) is 3.02. The van der Waals surface area contributed by atoms with Gasteiger partial charge in [-0.1, -0.05) is 15.9 Å². The van der Waals surface area contributed by atoms with Crippen molar-refractivity contribution in [3.8, 4) is 11.5 Å². The van der Waals surface area contributed by atoms with Crippen LogP contribution in [0.2, 0.25) is 0 Å². The molecule has 0 aliphatic rings. The molecule has 0 saturated carbocycles. The second-order valence-electron chi connectivity index (χ2n) is 4.32. The lowest BCUT2D eigenvalue weighted by atomic mass is 10.1. The summed E-state index contributed by atoms with van der Waals surface area (Å²) in [6.07, 6.45) is 0.705. The number of carbonyl (C=O) groups is 1. The van der Waals surface area contributed by atoms with Crippen LogP contribution in [0.3, 0.4) is 0 Å². The SMILES string of the molecule is COc1cc(Br)c(CCNC(=O)c2ccsc2)cc1OC. The number of benzene rings is 1. The molecule has 0 radical (unpaired) electrons. The molecule has 4 nitrogen and oxygen atoms in total. The molecule has 0 saturated heterocycles. The van der Waals surface area contributed by atoms with Crippen LogP contribution in [-0.4, -0.2) is 26.7 Å². The lowest BCUT2D eigenvalue weighted by Gasteiger charge is -2.12. The Morgan fingerprint density at radius 3 is 2.62 bits per heavy atom. The first-order valence-electron chi connectivity index (χ1n) is 6.36. The predicted molar refractivity (Wildman–Crippen MR) is 87.6 cm³/mol. The highest BCUT2D eigenvalue weighted by Crippen LogP contribution is 2.33. The van der Waals surface area contributed by atoms with Crippen LogP contribution in [0.1, 0.15) is 15.9 Å². The monoisotopic (exact) mass is 369 g/mol. The van der Waals surface area contributed by atoms with Gasteiger partial charge < -0.3 is 14.8 Å². The Labute approximate surface area is 136 Å². The van der Waals surface area contributed by atoms with E-state index in [1.165, 1.54) is 11.3 Å². The first kappa shape index (κ1) is 15.9. The Balaban J connectivity index is 1.98. The van der Waals surface area contributed by atoms with Gasteiger partial charge in [-0.2, -0.15) is 11.3 Å².